The van der Waals surface area contributed by atoms with E-state index in [1.807, 2.05) is 11.8 Å². The fraction of sp³-hybridized carbons (Fsp3) is 0.500. The van der Waals surface area contributed by atoms with Crippen LogP contribution in [0.5, 0.6) is 17.2 Å². The summed E-state index contributed by atoms with van der Waals surface area (Å²) in [6, 6.07) is 3.33. The highest BCUT2D eigenvalue weighted by Crippen LogP contribution is 2.39. The molecule has 1 aliphatic rings. The number of hydrogen-bond acceptors (Lipinski definition) is 5. The first-order valence-corrected chi connectivity index (χ1v) is 7.78. The first-order valence-electron chi connectivity index (χ1n) is 6.63. The maximum absolute atomic E-state index is 12.2. The van der Waals surface area contributed by atoms with E-state index in [4.69, 9.17) is 14.2 Å². The standard InChI is InChI=1S/C14H20N2O4S/c1-18-11-8-10(9-12(19-2)13(11)20-3)15-14(17)16-4-6-21-7-5-16/h8-9H,4-7H2,1-3H3,(H,15,17). The Hall–Kier alpha value is -1.76. The van der Waals surface area contributed by atoms with E-state index in [1.54, 1.807) is 38.4 Å². The van der Waals surface area contributed by atoms with Gasteiger partial charge in [0.2, 0.25) is 5.75 Å². The summed E-state index contributed by atoms with van der Waals surface area (Å²) in [4.78, 5) is 14.0. The Morgan fingerprint density at radius 2 is 1.67 bits per heavy atom. The minimum absolute atomic E-state index is 0.107. The lowest BCUT2D eigenvalue weighted by atomic mass is 10.2. The van der Waals surface area contributed by atoms with Gasteiger partial charge in [0.25, 0.3) is 0 Å². The number of thioether (sulfide) groups is 1. The van der Waals surface area contributed by atoms with Crippen LogP contribution < -0.4 is 19.5 Å². The zero-order valence-corrected chi connectivity index (χ0v) is 13.3. The molecule has 0 unspecified atom stereocenters. The van der Waals surface area contributed by atoms with Crippen molar-refractivity contribution in [3.63, 3.8) is 0 Å². The number of anilines is 1. The number of rotatable bonds is 4. The van der Waals surface area contributed by atoms with Crippen LogP contribution in [-0.2, 0) is 0 Å². The molecule has 1 heterocycles. The molecule has 1 fully saturated rings. The van der Waals surface area contributed by atoms with Crippen LogP contribution >= 0.6 is 11.8 Å². The van der Waals surface area contributed by atoms with E-state index in [2.05, 4.69) is 5.32 Å². The van der Waals surface area contributed by atoms with Gasteiger partial charge in [-0.2, -0.15) is 11.8 Å². The molecule has 1 aromatic rings. The van der Waals surface area contributed by atoms with Gasteiger partial charge in [-0.3, -0.25) is 0 Å². The number of carbonyl (C=O) groups is 1. The van der Waals surface area contributed by atoms with E-state index < -0.39 is 0 Å². The molecule has 2 rings (SSSR count). The lowest BCUT2D eigenvalue weighted by Gasteiger charge is -2.26. The summed E-state index contributed by atoms with van der Waals surface area (Å²) < 4.78 is 15.8. The van der Waals surface area contributed by atoms with Crippen LogP contribution in [-0.4, -0.2) is 56.9 Å². The molecule has 7 heteroatoms. The minimum Gasteiger partial charge on any atom is -0.493 e. The maximum atomic E-state index is 12.2. The maximum Gasteiger partial charge on any atom is 0.321 e. The van der Waals surface area contributed by atoms with E-state index in [0.717, 1.165) is 24.6 Å². The third-order valence-electron chi connectivity index (χ3n) is 3.21. The highest BCUT2D eigenvalue weighted by Gasteiger charge is 2.19. The van der Waals surface area contributed by atoms with Crippen LogP contribution in [0.25, 0.3) is 0 Å². The molecular formula is C14H20N2O4S. The predicted octanol–water partition coefficient (Wildman–Crippen LogP) is 2.29. The molecular weight excluding hydrogens is 292 g/mol. The van der Waals surface area contributed by atoms with Gasteiger partial charge in [0.05, 0.1) is 27.0 Å². The Morgan fingerprint density at radius 3 is 2.14 bits per heavy atom. The van der Waals surface area contributed by atoms with E-state index in [9.17, 15) is 4.79 Å². The molecule has 0 bridgehead atoms. The minimum atomic E-state index is -0.107. The second-order valence-corrected chi connectivity index (χ2v) is 5.67. The molecule has 1 aliphatic heterocycles. The molecule has 1 N–H and O–H groups in total. The Balaban J connectivity index is 2.17. The van der Waals surface area contributed by atoms with Crippen molar-refractivity contribution < 1.29 is 19.0 Å². The third kappa shape index (κ3) is 3.66. The molecule has 0 spiro atoms. The molecule has 2 amide bonds. The fourth-order valence-corrected chi connectivity index (χ4v) is 3.03. The molecule has 1 aromatic carbocycles. The van der Waals surface area contributed by atoms with Crippen molar-refractivity contribution in [2.24, 2.45) is 0 Å². The smallest absolute Gasteiger partial charge is 0.321 e. The van der Waals surface area contributed by atoms with Crippen LogP contribution in [0, 0.1) is 0 Å². The first-order chi connectivity index (χ1) is 10.2. The molecule has 21 heavy (non-hydrogen) atoms. The van der Waals surface area contributed by atoms with Crippen LogP contribution in [0.15, 0.2) is 12.1 Å². The summed E-state index contributed by atoms with van der Waals surface area (Å²) in [7, 11) is 4.64. The summed E-state index contributed by atoms with van der Waals surface area (Å²) >= 11 is 1.86. The Morgan fingerprint density at radius 1 is 1.10 bits per heavy atom. The zero-order chi connectivity index (χ0) is 15.2. The molecule has 6 nitrogen and oxygen atoms in total. The van der Waals surface area contributed by atoms with Crippen LogP contribution in [0.3, 0.4) is 0 Å². The summed E-state index contributed by atoms with van der Waals surface area (Å²) in [6.07, 6.45) is 0. The Kier molecular flexibility index (Phi) is 5.44. The summed E-state index contributed by atoms with van der Waals surface area (Å²) in [5, 5.41) is 2.87. The van der Waals surface area contributed by atoms with Gasteiger partial charge in [-0.25, -0.2) is 4.79 Å². The average molecular weight is 312 g/mol. The summed E-state index contributed by atoms with van der Waals surface area (Å²) in [5.41, 5.74) is 0.618. The van der Waals surface area contributed by atoms with Gasteiger partial charge in [-0.15, -0.1) is 0 Å². The number of amides is 2. The van der Waals surface area contributed by atoms with E-state index in [0.29, 0.717) is 22.9 Å². The number of hydrogen-bond donors (Lipinski definition) is 1. The molecule has 0 saturated carbocycles. The lowest BCUT2D eigenvalue weighted by molar-refractivity contribution is 0.217. The van der Waals surface area contributed by atoms with Gasteiger partial charge >= 0.3 is 6.03 Å². The van der Waals surface area contributed by atoms with Crippen molar-refractivity contribution in [3.8, 4) is 17.2 Å². The van der Waals surface area contributed by atoms with Crippen molar-refractivity contribution >= 4 is 23.5 Å². The number of carbonyl (C=O) groups excluding carboxylic acids is 1. The summed E-state index contributed by atoms with van der Waals surface area (Å²) in [5.74, 6) is 3.49. The van der Waals surface area contributed by atoms with Crippen molar-refractivity contribution in [2.45, 2.75) is 0 Å². The highest BCUT2D eigenvalue weighted by atomic mass is 32.2. The van der Waals surface area contributed by atoms with Crippen molar-refractivity contribution in [2.75, 3.05) is 51.2 Å². The third-order valence-corrected chi connectivity index (χ3v) is 4.16. The van der Waals surface area contributed by atoms with Crippen LogP contribution in [0.1, 0.15) is 0 Å². The predicted molar refractivity (Wildman–Crippen MR) is 84.0 cm³/mol. The number of benzene rings is 1. The van der Waals surface area contributed by atoms with Gasteiger partial charge in [-0.05, 0) is 0 Å². The number of ether oxygens (including phenoxy) is 3. The van der Waals surface area contributed by atoms with E-state index >= 15 is 0 Å². The second-order valence-electron chi connectivity index (χ2n) is 4.44. The Bertz CT molecular complexity index is 479. The van der Waals surface area contributed by atoms with Crippen molar-refractivity contribution in [1.29, 1.82) is 0 Å². The van der Waals surface area contributed by atoms with Gasteiger partial charge in [0, 0.05) is 36.7 Å². The molecule has 1 saturated heterocycles. The largest absolute Gasteiger partial charge is 0.493 e. The van der Waals surface area contributed by atoms with Crippen LogP contribution in [0.4, 0.5) is 10.5 Å². The number of methoxy groups -OCH3 is 3. The van der Waals surface area contributed by atoms with E-state index in [-0.39, 0.29) is 6.03 Å². The molecule has 116 valence electrons. The Labute approximate surface area is 128 Å². The number of nitrogens with zero attached hydrogens (tertiary/aromatic N) is 1. The average Bonchev–Trinajstić information content (AvgIpc) is 2.54. The normalized spacial score (nSPS) is 14.5. The highest BCUT2D eigenvalue weighted by molar-refractivity contribution is 7.99. The van der Waals surface area contributed by atoms with Gasteiger partial charge < -0.3 is 24.4 Å². The SMILES string of the molecule is COc1cc(NC(=O)N2CCSCC2)cc(OC)c1OC. The summed E-state index contributed by atoms with van der Waals surface area (Å²) in [6.45, 7) is 1.53. The van der Waals surface area contributed by atoms with Crippen molar-refractivity contribution in [3.05, 3.63) is 12.1 Å². The first kappa shape index (κ1) is 15.6. The number of nitrogens with one attached hydrogen (secondary N) is 1. The number of urea groups is 1. The lowest BCUT2D eigenvalue weighted by Crippen LogP contribution is -2.40. The van der Waals surface area contributed by atoms with Crippen molar-refractivity contribution in [1.82, 2.24) is 4.90 Å². The molecule has 0 radical (unpaired) electrons. The van der Waals surface area contributed by atoms with Gasteiger partial charge in [0.1, 0.15) is 0 Å². The molecule has 0 atom stereocenters. The topological polar surface area (TPSA) is 60.0 Å². The zero-order valence-electron chi connectivity index (χ0n) is 12.5. The monoisotopic (exact) mass is 312 g/mol. The van der Waals surface area contributed by atoms with E-state index in [1.165, 1.54) is 0 Å². The quantitative estimate of drug-likeness (QED) is 0.924. The molecule has 0 aliphatic carbocycles. The van der Waals surface area contributed by atoms with Gasteiger partial charge in [-0.1, -0.05) is 0 Å². The van der Waals surface area contributed by atoms with Gasteiger partial charge in [0.15, 0.2) is 11.5 Å². The second kappa shape index (κ2) is 7.31. The fourth-order valence-electron chi connectivity index (χ4n) is 2.12. The molecule has 0 aromatic heterocycles. The van der Waals surface area contributed by atoms with Crippen LogP contribution in [0.2, 0.25) is 0 Å².